The number of halogens is 7. The van der Waals surface area contributed by atoms with Gasteiger partial charge in [-0.05, 0) is 24.5 Å². The topological polar surface area (TPSA) is 15.3 Å². The van der Waals surface area contributed by atoms with Crippen LogP contribution in [0.15, 0.2) is 12.1 Å². The lowest BCUT2D eigenvalue weighted by Gasteiger charge is -2.36. The molecule has 0 bridgehead atoms. The smallest absolute Gasteiger partial charge is 0.314 e. The van der Waals surface area contributed by atoms with Gasteiger partial charge in [-0.1, -0.05) is 24.4 Å². The second kappa shape index (κ2) is 9.09. The summed E-state index contributed by atoms with van der Waals surface area (Å²) in [5, 5.41) is 2.93. The van der Waals surface area contributed by atoms with Gasteiger partial charge in [-0.3, -0.25) is 4.90 Å². The van der Waals surface area contributed by atoms with Crippen LogP contribution >= 0.6 is 36.4 Å². The van der Waals surface area contributed by atoms with Gasteiger partial charge < -0.3 is 5.32 Å². The predicted octanol–water partition coefficient (Wildman–Crippen LogP) is 5.09. The van der Waals surface area contributed by atoms with Gasteiger partial charge in [0.1, 0.15) is 5.82 Å². The maximum atomic E-state index is 14.6. The fourth-order valence-electron chi connectivity index (χ4n) is 3.25. The van der Waals surface area contributed by atoms with Gasteiger partial charge in [0.05, 0.1) is 10.6 Å². The van der Waals surface area contributed by atoms with Crippen LogP contribution in [0.2, 0.25) is 5.02 Å². The lowest BCUT2D eigenvalue weighted by atomic mass is 9.93. The molecule has 1 atom stereocenters. The van der Waals surface area contributed by atoms with Crippen molar-refractivity contribution in [3.63, 3.8) is 0 Å². The number of hydrogen-bond donors (Lipinski definition) is 1. The summed E-state index contributed by atoms with van der Waals surface area (Å²) in [5.74, 6) is -0.542. The SMILES string of the molecule is Cl.Cl.Fc1c(Cl)ccc(C(F)(F)F)c1[C@H](CC1CC1)N1CCNCC1. The largest absolute Gasteiger partial charge is 0.416 e. The van der Waals surface area contributed by atoms with E-state index in [9.17, 15) is 17.6 Å². The zero-order chi connectivity index (χ0) is 16.6. The Balaban J connectivity index is 0.00000156. The molecule has 1 aromatic rings. The lowest BCUT2D eigenvalue weighted by molar-refractivity contribution is -0.139. The third kappa shape index (κ3) is 5.36. The molecule has 1 aliphatic carbocycles. The quantitative estimate of drug-likeness (QED) is 0.679. The van der Waals surface area contributed by atoms with Gasteiger partial charge in [0.25, 0.3) is 0 Å². The molecule has 1 saturated heterocycles. The molecule has 1 N–H and O–H groups in total. The van der Waals surface area contributed by atoms with Gasteiger partial charge >= 0.3 is 6.18 Å². The van der Waals surface area contributed by atoms with Crippen LogP contribution in [0.1, 0.15) is 36.4 Å². The summed E-state index contributed by atoms with van der Waals surface area (Å²) in [6.07, 6.45) is -2.02. The van der Waals surface area contributed by atoms with E-state index in [1.54, 1.807) is 0 Å². The third-order valence-electron chi connectivity index (χ3n) is 4.62. The first-order chi connectivity index (χ1) is 10.9. The molecule has 0 unspecified atom stereocenters. The molecule has 0 spiro atoms. The van der Waals surface area contributed by atoms with E-state index in [2.05, 4.69) is 5.32 Å². The monoisotopic (exact) mass is 422 g/mol. The van der Waals surface area contributed by atoms with Crippen molar-refractivity contribution < 1.29 is 17.6 Å². The summed E-state index contributed by atoms with van der Waals surface area (Å²) >= 11 is 5.80. The number of piperazine rings is 1. The average Bonchev–Trinajstić information content (AvgIpc) is 3.32. The zero-order valence-electron chi connectivity index (χ0n) is 13.4. The Morgan fingerprint density at radius 1 is 1.16 bits per heavy atom. The van der Waals surface area contributed by atoms with Gasteiger partial charge in [0.2, 0.25) is 0 Å². The molecule has 144 valence electrons. The first-order valence-corrected chi connectivity index (χ1v) is 8.25. The number of alkyl halides is 3. The normalized spacial score (nSPS) is 19.7. The van der Waals surface area contributed by atoms with Crippen molar-refractivity contribution in [1.82, 2.24) is 10.2 Å². The second-order valence-corrected chi connectivity index (χ2v) is 6.71. The Morgan fingerprint density at radius 2 is 1.76 bits per heavy atom. The summed E-state index contributed by atoms with van der Waals surface area (Å²) in [5.41, 5.74) is -1.18. The number of benzene rings is 1. The van der Waals surface area contributed by atoms with E-state index in [-0.39, 0.29) is 35.4 Å². The molecule has 0 aromatic heterocycles. The fourth-order valence-corrected chi connectivity index (χ4v) is 3.42. The van der Waals surface area contributed by atoms with Crippen LogP contribution in [-0.2, 0) is 6.18 Å². The van der Waals surface area contributed by atoms with Crippen molar-refractivity contribution >= 4 is 36.4 Å². The number of nitrogens with zero attached hydrogens (tertiary/aromatic N) is 1. The van der Waals surface area contributed by atoms with Crippen molar-refractivity contribution in [2.24, 2.45) is 5.92 Å². The van der Waals surface area contributed by atoms with E-state index in [1.165, 1.54) is 0 Å². The van der Waals surface area contributed by atoms with Crippen molar-refractivity contribution in [2.45, 2.75) is 31.5 Å². The highest BCUT2D eigenvalue weighted by Crippen LogP contribution is 2.45. The summed E-state index contributed by atoms with van der Waals surface area (Å²) in [6.45, 7) is 2.62. The first kappa shape index (κ1) is 22.8. The van der Waals surface area contributed by atoms with E-state index in [1.807, 2.05) is 4.90 Å². The molecular formula is C16H21Cl3F4N2. The summed E-state index contributed by atoms with van der Waals surface area (Å²) in [7, 11) is 0. The van der Waals surface area contributed by atoms with Crippen molar-refractivity contribution in [1.29, 1.82) is 0 Å². The average molecular weight is 424 g/mol. The van der Waals surface area contributed by atoms with Crippen LogP contribution in [0.25, 0.3) is 0 Å². The van der Waals surface area contributed by atoms with Crippen LogP contribution in [0.4, 0.5) is 17.6 Å². The van der Waals surface area contributed by atoms with Gasteiger partial charge in [-0.2, -0.15) is 13.2 Å². The molecule has 2 aliphatic rings. The Morgan fingerprint density at radius 3 is 2.28 bits per heavy atom. The molecule has 0 radical (unpaired) electrons. The molecule has 2 nitrogen and oxygen atoms in total. The minimum atomic E-state index is -4.59. The maximum Gasteiger partial charge on any atom is 0.416 e. The van der Waals surface area contributed by atoms with Crippen LogP contribution in [-0.4, -0.2) is 31.1 Å². The second-order valence-electron chi connectivity index (χ2n) is 6.30. The minimum absolute atomic E-state index is 0. The lowest BCUT2D eigenvalue weighted by Crippen LogP contribution is -2.45. The number of nitrogens with one attached hydrogen (secondary N) is 1. The number of rotatable bonds is 4. The molecule has 1 aliphatic heterocycles. The molecule has 3 rings (SSSR count). The maximum absolute atomic E-state index is 14.6. The summed E-state index contributed by atoms with van der Waals surface area (Å²) in [4.78, 5) is 1.96. The van der Waals surface area contributed by atoms with E-state index in [0.29, 0.717) is 38.5 Å². The molecule has 0 amide bonds. The van der Waals surface area contributed by atoms with Crippen LogP contribution < -0.4 is 5.32 Å². The van der Waals surface area contributed by atoms with E-state index >= 15 is 0 Å². The predicted molar refractivity (Wildman–Crippen MR) is 95.4 cm³/mol. The van der Waals surface area contributed by atoms with E-state index in [4.69, 9.17) is 11.6 Å². The molecule has 2 fully saturated rings. The van der Waals surface area contributed by atoms with Gasteiger partial charge in [0.15, 0.2) is 0 Å². The summed E-state index contributed by atoms with van der Waals surface area (Å²) in [6, 6.07) is 1.33. The molecule has 25 heavy (non-hydrogen) atoms. The highest BCUT2D eigenvalue weighted by Gasteiger charge is 2.41. The molecule has 9 heteroatoms. The van der Waals surface area contributed by atoms with Gasteiger partial charge in [0, 0.05) is 37.8 Å². The van der Waals surface area contributed by atoms with Crippen LogP contribution in [0.3, 0.4) is 0 Å². The van der Waals surface area contributed by atoms with E-state index in [0.717, 1.165) is 25.0 Å². The molecular weight excluding hydrogens is 403 g/mol. The minimum Gasteiger partial charge on any atom is -0.314 e. The highest BCUT2D eigenvalue weighted by atomic mass is 35.5. The van der Waals surface area contributed by atoms with Crippen molar-refractivity contribution in [3.05, 3.63) is 34.1 Å². The Hall–Kier alpha value is -0.270. The zero-order valence-corrected chi connectivity index (χ0v) is 15.8. The Labute approximate surface area is 162 Å². The molecule has 1 saturated carbocycles. The third-order valence-corrected chi connectivity index (χ3v) is 4.91. The Bertz CT molecular complexity index is 573. The van der Waals surface area contributed by atoms with Gasteiger partial charge in [-0.25, -0.2) is 4.39 Å². The number of hydrogen-bond acceptors (Lipinski definition) is 2. The van der Waals surface area contributed by atoms with Crippen LogP contribution in [0.5, 0.6) is 0 Å². The molecule has 1 aromatic carbocycles. The molecule has 1 heterocycles. The van der Waals surface area contributed by atoms with Crippen molar-refractivity contribution in [2.75, 3.05) is 26.2 Å². The first-order valence-electron chi connectivity index (χ1n) is 7.88. The Kier molecular flexibility index (Phi) is 8.28. The summed E-state index contributed by atoms with van der Waals surface area (Å²) < 4.78 is 54.8. The standard InChI is InChI=1S/C16H19ClF4N2.2ClH/c17-12-4-3-11(16(19,20)21)14(15(12)18)13(9-10-1-2-10)23-7-5-22-6-8-23;;/h3-4,10,13,22H,1-2,5-9H2;2*1H/t13-;;/m0../s1. The van der Waals surface area contributed by atoms with Gasteiger partial charge in [-0.15, -0.1) is 24.8 Å². The van der Waals surface area contributed by atoms with Crippen LogP contribution in [0, 0.1) is 11.7 Å². The highest BCUT2D eigenvalue weighted by molar-refractivity contribution is 6.30. The van der Waals surface area contributed by atoms with E-state index < -0.39 is 23.6 Å². The fraction of sp³-hybridized carbons (Fsp3) is 0.625. The van der Waals surface area contributed by atoms with Crippen molar-refractivity contribution in [3.8, 4) is 0 Å².